The molecule has 3 aliphatic heterocycles. The van der Waals surface area contributed by atoms with Crippen molar-refractivity contribution in [2.75, 3.05) is 74.9 Å². The molecule has 4 atom stereocenters. The van der Waals surface area contributed by atoms with E-state index < -0.39 is 33.2 Å². The molecule has 2 N–H and O–H groups in total. The van der Waals surface area contributed by atoms with Gasteiger partial charge >= 0.3 is 0 Å². The quantitative estimate of drug-likeness (QED) is 0.0693. The Morgan fingerprint density at radius 3 is 2.26 bits per heavy atom. The zero-order valence-corrected chi connectivity index (χ0v) is 39.4. The van der Waals surface area contributed by atoms with E-state index in [2.05, 4.69) is 47.8 Å². The number of piperazine rings is 1. The number of amides is 1. The first-order chi connectivity index (χ1) is 31.5. The van der Waals surface area contributed by atoms with E-state index in [1.807, 2.05) is 72.8 Å². The molecular formula is C49H55ClFN6O5S3-. The molecule has 5 aromatic carbocycles. The minimum Gasteiger partial charge on any atom is -0.768 e. The van der Waals surface area contributed by atoms with E-state index in [0.717, 1.165) is 93.8 Å². The monoisotopic (exact) mass is 957 g/mol. The van der Waals surface area contributed by atoms with Gasteiger partial charge in [0.1, 0.15) is 6.17 Å². The molecule has 65 heavy (non-hydrogen) atoms. The van der Waals surface area contributed by atoms with Crippen molar-refractivity contribution < 1.29 is 26.4 Å². The van der Waals surface area contributed by atoms with Crippen LogP contribution in [0.25, 0.3) is 11.1 Å². The number of benzene rings is 5. The van der Waals surface area contributed by atoms with Gasteiger partial charge < -0.3 is 19.7 Å². The van der Waals surface area contributed by atoms with E-state index in [9.17, 15) is 22.0 Å². The molecule has 0 aromatic heterocycles. The maximum atomic E-state index is 15.4. The first kappa shape index (κ1) is 47.2. The maximum Gasteiger partial charge on any atom is 0.264 e. The highest BCUT2D eigenvalue weighted by atomic mass is 35.5. The number of rotatable bonds is 17. The van der Waals surface area contributed by atoms with Crippen LogP contribution >= 0.6 is 23.4 Å². The summed E-state index contributed by atoms with van der Waals surface area (Å²) in [6, 6.07) is 36.5. The molecule has 0 aliphatic carbocycles. The van der Waals surface area contributed by atoms with Crippen LogP contribution in [0.15, 0.2) is 136 Å². The molecule has 8 rings (SSSR count). The van der Waals surface area contributed by atoms with Crippen molar-refractivity contribution in [3.63, 3.8) is 0 Å². The second-order valence-electron chi connectivity index (χ2n) is 17.0. The fourth-order valence-electron chi connectivity index (χ4n) is 9.08. The number of nitrogens with zero attached hydrogens (tertiary/aromatic N) is 4. The van der Waals surface area contributed by atoms with Gasteiger partial charge in [-0.15, -0.1) is 11.8 Å². The highest BCUT2D eigenvalue weighted by molar-refractivity contribution is 7.99. The normalized spacial score (nSPS) is 19.8. The largest absolute Gasteiger partial charge is 0.768 e. The molecular weight excluding hydrogens is 903 g/mol. The highest BCUT2D eigenvalue weighted by Crippen LogP contribution is 2.30. The van der Waals surface area contributed by atoms with E-state index >= 15 is 4.39 Å². The SMILES string of the molecule is O=C(NS(=O)(=O)c1ccc(N[C@H](CCN2CCC(N3CCCC3)C(F)C2)CSc2ccccc2)c(S(=O)[O-])c1)c1ccc(N2CCN(Cc3ccccc3-c3ccc(Cl)cc3)CC2)cc1. The Morgan fingerprint density at radius 2 is 1.55 bits per heavy atom. The van der Waals surface area contributed by atoms with Crippen LogP contribution < -0.4 is 14.9 Å². The summed E-state index contributed by atoms with van der Waals surface area (Å²) in [5.74, 6) is -0.241. The van der Waals surface area contributed by atoms with Gasteiger partial charge in [-0.05, 0) is 140 Å². The van der Waals surface area contributed by atoms with Gasteiger partial charge in [-0.3, -0.25) is 18.8 Å². The minimum absolute atomic E-state index is 0.0356. The number of alkyl halides is 1. The van der Waals surface area contributed by atoms with Crippen molar-refractivity contribution in [3.8, 4) is 11.1 Å². The zero-order chi connectivity index (χ0) is 45.3. The molecule has 3 saturated heterocycles. The second kappa shape index (κ2) is 22.0. The lowest BCUT2D eigenvalue weighted by Crippen LogP contribution is -2.52. The highest BCUT2D eigenvalue weighted by Gasteiger charge is 2.34. The number of carbonyl (C=O) groups is 1. The van der Waals surface area contributed by atoms with Crippen LogP contribution in [0.1, 0.15) is 41.6 Å². The van der Waals surface area contributed by atoms with Gasteiger partial charge in [0.15, 0.2) is 0 Å². The van der Waals surface area contributed by atoms with Crippen molar-refractivity contribution in [2.24, 2.45) is 0 Å². The number of sulfonamides is 1. The summed E-state index contributed by atoms with van der Waals surface area (Å²) >= 11 is 4.94. The lowest BCUT2D eigenvalue weighted by Gasteiger charge is -2.39. The van der Waals surface area contributed by atoms with Crippen molar-refractivity contribution in [1.82, 2.24) is 19.4 Å². The van der Waals surface area contributed by atoms with Gasteiger partial charge in [-0.25, -0.2) is 17.5 Å². The average Bonchev–Trinajstić information content (AvgIpc) is 3.86. The Hall–Kier alpha value is -4.32. The number of likely N-dealkylation sites (tertiary alicyclic amines) is 2. The first-order valence-electron chi connectivity index (χ1n) is 22.3. The van der Waals surface area contributed by atoms with Crippen LogP contribution in [0, 0.1) is 0 Å². The summed E-state index contributed by atoms with van der Waals surface area (Å²) in [6.07, 6.45) is 2.70. The van der Waals surface area contributed by atoms with Crippen LogP contribution in [0.2, 0.25) is 5.02 Å². The summed E-state index contributed by atoms with van der Waals surface area (Å²) in [7, 11) is -4.45. The Balaban J connectivity index is 0.873. The molecule has 3 heterocycles. The van der Waals surface area contributed by atoms with Gasteiger partial charge in [0.25, 0.3) is 15.9 Å². The van der Waals surface area contributed by atoms with E-state index in [-0.39, 0.29) is 33.1 Å². The van der Waals surface area contributed by atoms with Crippen LogP contribution in [0.5, 0.6) is 0 Å². The van der Waals surface area contributed by atoms with Gasteiger partial charge in [-0.2, -0.15) is 0 Å². The lowest BCUT2D eigenvalue weighted by molar-refractivity contribution is 0.0449. The van der Waals surface area contributed by atoms with Crippen LogP contribution in [-0.2, 0) is 27.6 Å². The summed E-state index contributed by atoms with van der Waals surface area (Å²) in [5, 5.41) is 4.07. The zero-order valence-electron chi connectivity index (χ0n) is 36.2. The fraction of sp³-hybridized carbons (Fsp3) is 0.367. The number of hydrogen-bond donors (Lipinski definition) is 2. The molecule has 3 aliphatic rings. The van der Waals surface area contributed by atoms with Gasteiger partial charge in [0.05, 0.1) is 4.90 Å². The van der Waals surface area contributed by atoms with E-state index in [0.29, 0.717) is 30.3 Å². The summed E-state index contributed by atoms with van der Waals surface area (Å²) in [5.41, 5.74) is 4.86. The molecule has 344 valence electrons. The van der Waals surface area contributed by atoms with Gasteiger partial charge in [0.2, 0.25) is 0 Å². The average molecular weight is 959 g/mol. The van der Waals surface area contributed by atoms with Crippen molar-refractivity contribution >= 4 is 61.7 Å². The van der Waals surface area contributed by atoms with Crippen LogP contribution in [0.4, 0.5) is 15.8 Å². The second-order valence-corrected chi connectivity index (χ2v) is 21.1. The predicted molar refractivity (Wildman–Crippen MR) is 259 cm³/mol. The summed E-state index contributed by atoms with van der Waals surface area (Å²) < 4.78 is 69.9. The van der Waals surface area contributed by atoms with Crippen molar-refractivity contribution in [1.29, 1.82) is 0 Å². The number of piperidine rings is 1. The molecule has 1 amide bonds. The van der Waals surface area contributed by atoms with E-state index in [4.69, 9.17) is 11.6 Å². The molecule has 3 unspecified atom stereocenters. The third-order valence-corrected chi connectivity index (χ3v) is 16.1. The van der Waals surface area contributed by atoms with Crippen molar-refractivity contribution in [3.05, 3.63) is 137 Å². The first-order valence-corrected chi connectivity index (χ1v) is 26.2. The summed E-state index contributed by atoms with van der Waals surface area (Å²) in [4.78, 5) is 22.9. The smallest absolute Gasteiger partial charge is 0.264 e. The molecule has 0 saturated carbocycles. The van der Waals surface area contributed by atoms with Crippen molar-refractivity contribution in [2.45, 2.75) is 65.2 Å². The molecule has 3 fully saturated rings. The number of thioether (sulfide) groups is 1. The topological polar surface area (TPSA) is 128 Å². The summed E-state index contributed by atoms with van der Waals surface area (Å²) in [6.45, 7) is 7.73. The minimum atomic E-state index is -4.45. The van der Waals surface area contributed by atoms with Crippen LogP contribution in [-0.4, -0.2) is 121 Å². The number of anilines is 2. The van der Waals surface area contributed by atoms with E-state index in [1.54, 1.807) is 23.9 Å². The number of nitrogens with one attached hydrogen (secondary N) is 2. The molecule has 16 heteroatoms. The third-order valence-electron chi connectivity index (χ3n) is 12.7. The molecule has 5 aromatic rings. The van der Waals surface area contributed by atoms with Crippen LogP contribution in [0.3, 0.4) is 0 Å². The predicted octanol–water partition coefficient (Wildman–Crippen LogP) is 8.16. The van der Waals surface area contributed by atoms with Gasteiger partial charge in [0, 0.05) is 95.4 Å². The molecule has 0 radical (unpaired) electrons. The fourth-order valence-corrected chi connectivity index (χ4v) is 11.8. The number of hydrogen-bond acceptors (Lipinski definition) is 11. The number of halogens is 2. The molecule has 0 spiro atoms. The van der Waals surface area contributed by atoms with E-state index in [1.165, 1.54) is 23.3 Å². The lowest BCUT2D eigenvalue weighted by atomic mass is 9.99. The maximum absolute atomic E-state index is 15.4. The Labute approximate surface area is 394 Å². The Morgan fingerprint density at radius 1 is 0.846 bits per heavy atom. The number of carbonyl (C=O) groups excluding carboxylic acids is 1. The third kappa shape index (κ3) is 12.4. The molecule has 11 nitrogen and oxygen atoms in total. The van der Waals surface area contributed by atoms with Gasteiger partial charge in [-0.1, -0.05) is 66.2 Å². The standard InChI is InChI=1S/C49H56ClFN6O5S3/c50-39-16-12-36(13-17-39)44-11-5-4-8-38(44)33-55-28-30-56(31-29-55)41-18-14-37(15-19-41)49(58)53-65(61,62)43-20-21-46(48(32-43)64(59)60)52-40(35-63-42-9-2-1-3-10-42)22-26-54-27-23-47(45(51)34-54)57-24-6-7-25-57/h1-5,8-21,32,40,45,47,52H,6-7,22-31,33-35H2,(H,53,58)(H,59,60)/p-1/t40-,45?,47?/m1/s1. The Bertz CT molecular complexity index is 2510. The Kier molecular flexibility index (Phi) is 16.0. The molecule has 0 bridgehead atoms.